The summed E-state index contributed by atoms with van der Waals surface area (Å²) in [5.41, 5.74) is 0. The Labute approximate surface area is 140 Å². The molecule has 1 aliphatic rings. The van der Waals surface area contributed by atoms with Crippen LogP contribution in [0.25, 0.3) is 0 Å². The number of aliphatic hydroxyl groups excluding tert-OH is 3. The van der Waals surface area contributed by atoms with Gasteiger partial charge >= 0.3 is 0 Å². The lowest BCUT2D eigenvalue weighted by molar-refractivity contribution is -0.258. The fourth-order valence-electron chi connectivity index (χ4n) is 2.24. The summed E-state index contributed by atoms with van der Waals surface area (Å²) in [7, 11) is 0. The molecule has 1 fully saturated rings. The van der Waals surface area contributed by atoms with Crippen molar-refractivity contribution in [2.75, 3.05) is 13.2 Å². The molecule has 0 bridgehead atoms. The molecule has 0 amide bonds. The lowest BCUT2D eigenvalue weighted by Gasteiger charge is -2.38. The lowest BCUT2D eigenvalue weighted by Crippen LogP contribution is -2.46. The van der Waals surface area contributed by atoms with E-state index in [1.165, 1.54) is 0 Å². The van der Waals surface area contributed by atoms with E-state index in [-0.39, 0.29) is 25.2 Å². The second kappa shape index (κ2) is 15.9. The number of hydrogen-bond acceptors (Lipinski definition) is 5. The average molecular weight is 330 g/mol. The first-order valence-corrected chi connectivity index (χ1v) is 7.94. The maximum absolute atomic E-state index is 9.90. The fraction of sp³-hybridized carbons (Fsp3) is 0.667. The van der Waals surface area contributed by atoms with Crippen LogP contribution in [0.2, 0.25) is 0 Å². The van der Waals surface area contributed by atoms with Crippen molar-refractivity contribution < 1.29 is 24.8 Å². The zero-order chi connectivity index (χ0) is 18.3. The Balaban J connectivity index is 0. The molecule has 5 heteroatoms. The van der Waals surface area contributed by atoms with Crippen LogP contribution in [0.15, 0.2) is 39.0 Å². The van der Waals surface area contributed by atoms with Gasteiger partial charge in [0.2, 0.25) is 0 Å². The van der Waals surface area contributed by atoms with E-state index in [0.717, 1.165) is 19.3 Å². The highest BCUT2D eigenvalue weighted by Gasteiger charge is 2.35. The van der Waals surface area contributed by atoms with Gasteiger partial charge in [-0.2, -0.15) is 0 Å². The van der Waals surface area contributed by atoms with Crippen LogP contribution >= 0.6 is 0 Å². The minimum atomic E-state index is -0.566. The van der Waals surface area contributed by atoms with Crippen LogP contribution in [0.3, 0.4) is 0 Å². The first-order valence-electron chi connectivity index (χ1n) is 7.94. The second-order valence-electron chi connectivity index (χ2n) is 5.11. The molecular formula is C18H34O5. The number of rotatable bonds is 8. The molecule has 0 aromatic carbocycles. The molecule has 5 atom stereocenters. The summed E-state index contributed by atoms with van der Waals surface area (Å²) in [4.78, 5) is 0. The van der Waals surface area contributed by atoms with Crippen LogP contribution < -0.4 is 0 Å². The normalized spacial score (nSPS) is 27.7. The fourth-order valence-corrected chi connectivity index (χ4v) is 2.24. The van der Waals surface area contributed by atoms with Gasteiger partial charge in [-0.3, -0.25) is 0 Å². The summed E-state index contributed by atoms with van der Waals surface area (Å²) in [5, 5.41) is 28.4. The van der Waals surface area contributed by atoms with Crippen molar-refractivity contribution in [1.29, 1.82) is 0 Å². The van der Waals surface area contributed by atoms with Crippen molar-refractivity contribution in [3.63, 3.8) is 0 Å². The monoisotopic (exact) mass is 330 g/mol. The molecule has 5 nitrogen and oxygen atoms in total. The third kappa shape index (κ3) is 9.69. The number of unbranched alkanes of at least 4 members (excludes halogenated alkanes) is 1. The highest BCUT2D eigenvalue weighted by atomic mass is 16.7. The van der Waals surface area contributed by atoms with Gasteiger partial charge in [0, 0.05) is 12.3 Å². The van der Waals surface area contributed by atoms with Gasteiger partial charge in [-0.25, -0.2) is 0 Å². The highest BCUT2D eigenvalue weighted by Crippen LogP contribution is 2.27. The van der Waals surface area contributed by atoms with Crippen molar-refractivity contribution in [1.82, 2.24) is 0 Å². The summed E-state index contributed by atoms with van der Waals surface area (Å²) in [6.07, 6.45) is 2.86. The molecule has 4 unspecified atom stereocenters. The van der Waals surface area contributed by atoms with Gasteiger partial charge < -0.3 is 24.8 Å². The van der Waals surface area contributed by atoms with Crippen molar-refractivity contribution in [2.45, 2.75) is 57.2 Å². The van der Waals surface area contributed by atoms with Gasteiger partial charge in [0.05, 0.1) is 31.5 Å². The lowest BCUT2D eigenvalue weighted by atomic mass is 9.93. The summed E-state index contributed by atoms with van der Waals surface area (Å²) in [6, 6.07) is 0. The van der Waals surface area contributed by atoms with E-state index >= 15 is 0 Å². The third-order valence-electron chi connectivity index (χ3n) is 3.62. The van der Waals surface area contributed by atoms with E-state index in [2.05, 4.69) is 32.9 Å². The van der Waals surface area contributed by atoms with Gasteiger partial charge in [0.15, 0.2) is 6.29 Å². The molecule has 3 N–H and O–H groups in total. The summed E-state index contributed by atoms with van der Waals surface area (Å²) < 4.78 is 11.3. The molecule has 1 rings (SSSR count). The molecule has 0 spiro atoms. The van der Waals surface area contributed by atoms with Crippen LogP contribution in [0.4, 0.5) is 0 Å². The van der Waals surface area contributed by atoms with Crippen molar-refractivity contribution in [3.05, 3.63) is 39.0 Å². The smallest absolute Gasteiger partial charge is 0.161 e. The minimum absolute atomic E-state index is 0.0769. The predicted molar refractivity (Wildman–Crippen MR) is 94.0 cm³/mol. The molecular weight excluding hydrogens is 296 g/mol. The maximum atomic E-state index is 9.90. The molecule has 0 radical (unpaired) electrons. The van der Waals surface area contributed by atoms with Crippen molar-refractivity contribution >= 4 is 0 Å². The molecule has 1 aliphatic heterocycles. The minimum Gasteiger partial charge on any atom is -0.394 e. The zero-order valence-electron chi connectivity index (χ0n) is 14.4. The molecule has 0 aromatic heterocycles. The standard InChI is InChI=1S/C14H26O5.2C2H4/c1-3-4-5-6-11(8-15)18-14-7-12(17)10(2)13(9-16)19-14;2*1-2/h3,10-17H,1,4-9H2,2H3;2*1-2H2/t10-,11?,12?,13?,14?;;/m0../s1. The Hall–Kier alpha value is -0.980. The number of aliphatic hydroxyl groups is 3. The second-order valence-corrected chi connectivity index (χ2v) is 5.11. The highest BCUT2D eigenvalue weighted by molar-refractivity contribution is 4.80. The summed E-state index contributed by atoms with van der Waals surface area (Å²) in [6.45, 7) is 17.3. The van der Waals surface area contributed by atoms with Crippen LogP contribution in [0, 0.1) is 5.92 Å². The van der Waals surface area contributed by atoms with Crippen molar-refractivity contribution in [2.24, 2.45) is 5.92 Å². The van der Waals surface area contributed by atoms with E-state index < -0.39 is 18.5 Å². The first kappa shape index (κ1) is 24.3. The quantitative estimate of drug-likeness (QED) is 0.470. The predicted octanol–water partition coefficient (Wildman–Crippen LogP) is 2.43. The van der Waals surface area contributed by atoms with E-state index in [1.807, 2.05) is 13.0 Å². The average Bonchev–Trinajstić information content (AvgIpc) is 2.60. The van der Waals surface area contributed by atoms with Crippen LogP contribution in [0.1, 0.15) is 32.6 Å². The number of hydrogen-bond donors (Lipinski definition) is 3. The molecule has 23 heavy (non-hydrogen) atoms. The van der Waals surface area contributed by atoms with Gasteiger partial charge in [-0.15, -0.1) is 32.9 Å². The Morgan fingerprint density at radius 3 is 2.35 bits per heavy atom. The number of ether oxygens (including phenoxy) is 2. The molecule has 0 aliphatic carbocycles. The van der Waals surface area contributed by atoms with E-state index in [4.69, 9.17) is 9.47 Å². The van der Waals surface area contributed by atoms with E-state index in [9.17, 15) is 15.3 Å². The molecule has 0 aromatic rings. The van der Waals surface area contributed by atoms with E-state index in [1.54, 1.807) is 0 Å². The van der Waals surface area contributed by atoms with Gasteiger partial charge in [-0.1, -0.05) is 13.0 Å². The molecule has 1 heterocycles. The van der Waals surface area contributed by atoms with Crippen LogP contribution in [0.5, 0.6) is 0 Å². The van der Waals surface area contributed by atoms with Crippen LogP contribution in [-0.4, -0.2) is 53.1 Å². The third-order valence-corrected chi connectivity index (χ3v) is 3.62. The Kier molecular flexibility index (Phi) is 16.8. The zero-order valence-corrected chi connectivity index (χ0v) is 14.4. The van der Waals surface area contributed by atoms with E-state index in [0.29, 0.717) is 6.42 Å². The van der Waals surface area contributed by atoms with Crippen LogP contribution in [-0.2, 0) is 9.47 Å². The summed E-state index contributed by atoms with van der Waals surface area (Å²) in [5.74, 6) is -0.113. The molecule has 1 saturated heterocycles. The Morgan fingerprint density at radius 2 is 1.87 bits per heavy atom. The van der Waals surface area contributed by atoms with Crippen molar-refractivity contribution in [3.8, 4) is 0 Å². The first-order chi connectivity index (χ1) is 11.1. The van der Waals surface area contributed by atoms with Gasteiger partial charge in [-0.05, 0) is 19.3 Å². The van der Waals surface area contributed by atoms with Gasteiger partial charge in [0.25, 0.3) is 0 Å². The topological polar surface area (TPSA) is 79.2 Å². The molecule has 136 valence electrons. The maximum Gasteiger partial charge on any atom is 0.161 e. The molecule has 0 saturated carbocycles. The SMILES string of the molecule is C=C.C=C.C=CCCCC(CO)OC1CC(O)[C@H](C)C(CO)O1. The number of allylic oxidation sites excluding steroid dienone is 1. The largest absolute Gasteiger partial charge is 0.394 e. The Bertz CT molecular complexity index is 283. The van der Waals surface area contributed by atoms with Gasteiger partial charge in [0.1, 0.15) is 0 Å². The summed E-state index contributed by atoms with van der Waals surface area (Å²) >= 11 is 0. The Morgan fingerprint density at radius 1 is 1.26 bits per heavy atom.